The Labute approximate surface area is 161 Å². The molecule has 0 spiro atoms. The van der Waals surface area contributed by atoms with E-state index in [-0.39, 0.29) is 23.1 Å². The van der Waals surface area contributed by atoms with Crippen LogP contribution in [0, 0.1) is 24.0 Å². The van der Waals surface area contributed by atoms with E-state index < -0.39 is 22.8 Å². The van der Waals surface area contributed by atoms with Crippen molar-refractivity contribution in [1.82, 2.24) is 5.32 Å². The van der Waals surface area contributed by atoms with Crippen molar-refractivity contribution < 1.29 is 19.2 Å². The zero-order chi connectivity index (χ0) is 20.1. The van der Waals surface area contributed by atoms with Crippen LogP contribution in [0.1, 0.15) is 52.0 Å². The summed E-state index contributed by atoms with van der Waals surface area (Å²) in [6.45, 7) is 7.05. The minimum Gasteiger partial charge on any atom is -0.463 e. The minimum atomic E-state index is -0.592. The molecule has 0 aliphatic carbocycles. The van der Waals surface area contributed by atoms with Gasteiger partial charge in [-0.05, 0) is 33.3 Å². The largest absolute Gasteiger partial charge is 0.463 e. The molecule has 0 bridgehead atoms. The lowest BCUT2D eigenvalue weighted by atomic mass is 10.0. The highest BCUT2D eigenvalue weighted by atomic mass is 32.1. The Balaban J connectivity index is 2.23. The third-order valence-corrected chi connectivity index (χ3v) is 4.87. The van der Waals surface area contributed by atoms with Crippen molar-refractivity contribution in [3.63, 3.8) is 0 Å². The smallest absolute Gasteiger partial charge is 0.308 e. The summed E-state index contributed by atoms with van der Waals surface area (Å²) in [5, 5.41) is 13.8. The second-order valence-electron chi connectivity index (χ2n) is 6.49. The van der Waals surface area contributed by atoms with Gasteiger partial charge in [-0.3, -0.25) is 19.7 Å². The lowest BCUT2D eigenvalue weighted by Crippen LogP contribution is -2.30. The first-order valence-electron chi connectivity index (χ1n) is 8.49. The summed E-state index contributed by atoms with van der Waals surface area (Å²) in [6, 6.07) is 8.13. The van der Waals surface area contributed by atoms with E-state index in [4.69, 9.17) is 4.74 Å². The quantitative estimate of drug-likeness (QED) is 0.436. The molecule has 0 saturated heterocycles. The van der Waals surface area contributed by atoms with Crippen molar-refractivity contribution in [1.29, 1.82) is 0 Å². The molecule has 0 aliphatic rings. The fourth-order valence-electron chi connectivity index (χ4n) is 2.52. The first-order valence-corrected chi connectivity index (χ1v) is 9.30. The van der Waals surface area contributed by atoms with Gasteiger partial charge in [-0.15, -0.1) is 11.3 Å². The highest BCUT2D eigenvalue weighted by molar-refractivity contribution is 7.14. The molecule has 1 aromatic heterocycles. The molecule has 2 rings (SSSR count). The standard InChI is InChI=1S/C19H22N2O5S/c1-11(2)26-18(22)9-15(14-7-5-12(3)6-8-14)20-19(23)17-10-16(21(24)25)13(4)27-17/h5-8,10-11,15H,9H2,1-4H3,(H,20,23). The van der Waals surface area contributed by atoms with E-state index in [1.165, 1.54) is 6.07 Å². The van der Waals surface area contributed by atoms with Gasteiger partial charge in [-0.2, -0.15) is 0 Å². The Morgan fingerprint density at radius 2 is 1.85 bits per heavy atom. The number of amides is 1. The van der Waals surface area contributed by atoms with E-state index in [0.717, 1.165) is 22.5 Å². The molecule has 27 heavy (non-hydrogen) atoms. The van der Waals surface area contributed by atoms with E-state index in [1.54, 1.807) is 20.8 Å². The molecule has 2 aromatic rings. The number of thiophene rings is 1. The summed E-state index contributed by atoms with van der Waals surface area (Å²) in [4.78, 5) is 35.9. The number of rotatable bonds is 7. The maximum Gasteiger partial charge on any atom is 0.308 e. The fraction of sp³-hybridized carbons (Fsp3) is 0.368. The van der Waals surface area contributed by atoms with Crippen LogP contribution in [0.4, 0.5) is 5.69 Å². The molecule has 1 heterocycles. The molecule has 0 radical (unpaired) electrons. The van der Waals surface area contributed by atoms with E-state index in [0.29, 0.717) is 4.88 Å². The number of hydrogen-bond acceptors (Lipinski definition) is 6. The predicted molar refractivity (Wildman–Crippen MR) is 103 cm³/mol. The molecular formula is C19H22N2O5S. The number of nitrogens with zero attached hydrogens (tertiary/aromatic N) is 1. The van der Waals surface area contributed by atoms with Crippen molar-refractivity contribution in [3.8, 4) is 0 Å². The first-order chi connectivity index (χ1) is 12.7. The Morgan fingerprint density at radius 1 is 1.22 bits per heavy atom. The number of ether oxygens (including phenoxy) is 1. The molecule has 0 saturated carbocycles. The van der Waals surface area contributed by atoms with Crippen molar-refractivity contribution in [3.05, 3.63) is 61.3 Å². The highest BCUT2D eigenvalue weighted by Crippen LogP contribution is 2.29. The molecule has 1 aromatic carbocycles. The van der Waals surface area contributed by atoms with Crippen LogP contribution >= 0.6 is 11.3 Å². The van der Waals surface area contributed by atoms with E-state index in [1.807, 2.05) is 31.2 Å². The second kappa shape index (κ2) is 8.77. The van der Waals surface area contributed by atoms with Crippen LogP contribution in [-0.2, 0) is 9.53 Å². The molecule has 1 amide bonds. The zero-order valence-electron chi connectivity index (χ0n) is 15.6. The van der Waals surface area contributed by atoms with Crippen LogP contribution in [0.25, 0.3) is 0 Å². The Bertz CT molecular complexity index is 842. The molecular weight excluding hydrogens is 368 g/mol. The molecule has 1 unspecified atom stereocenters. The number of nitro groups is 1. The lowest BCUT2D eigenvalue weighted by Gasteiger charge is -2.19. The lowest BCUT2D eigenvalue weighted by molar-refractivity contribution is -0.385. The van der Waals surface area contributed by atoms with Crippen LogP contribution in [-0.4, -0.2) is 22.9 Å². The Hall–Kier alpha value is -2.74. The number of esters is 1. The summed E-state index contributed by atoms with van der Waals surface area (Å²) >= 11 is 1.05. The molecule has 1 atom stereocenters. The minimum absolute atomic E-state index is 0.0283. The van der Waals surface area contributed by atoms with Crippen LogP contribution in [0.15, 0.2) is 30.3 Å². The topological polar surface area (TPSA) is 98.5 Å². The number of nitrogens with one attached hydrogen (secondary N) is 1. The maximum atomic E-state index is 12.6. The van der Waals surface area contributed by atoms with Gasteiger partial charge >= 0.3 is 5.97 Å². The average Bonchev–Trinajstić information content (AvgIpc) is 2.96. The molecule has 144 valence electrons. The molecule has 1 N–H and O–H groups in total. The second-order valence-corrected chi connectivity index (χ2v) is 7.74. The van der Waals surface area contributed by atoms with Crippen LogP contribution in [0.3, 0.4) is 0 Å². The summed E-state index contributed by atoms with van der Waals surface area (Å²) in [6.07, 6.45) is -0.283. The number of hydrogen-bond donors (Lipinski definition) is 1. The van der Waals surface area contributed by atoms with Gasteiger partial charge in [-0.25, -0.2) is 0 Å². The Kier molecular flexibility index (Phi) is 6.68. The number of carbonyl (C=O) groups is 2. The number of aryl methyl sites for hydroxylation is 2. The van der Waals surface area contributed by atoms with E-state index >= 15 is 0 Å². The molecule has 0 aliphatic heterocycles. The third kappa shape index (κ3) is 5.62. The third-order valence-electron chi connectivity index (χ3n) is 3.84. The first kappa shape index (κ1) is 20.6. The average molecular weight is 390 g/mol. The zero-order valence-corrected chi connectivity index (χ0v) is 16.5. The number of benzene rings is 1. The Morgan fingerprint density at radius 3 is 2.37 bits per heavy atom. The van der Waals surface area contributed by atoms with Gasteiger partial charge in [0, 0.05) is 6.07 Å². The highest BCUT2D eigenvalue weighted by Gasteiger charge is 2.24. The van der Waals surface area contributed by atoms with Crippen LogP contribution < -0.4 is 5.32 Å². The normalized spacial score (nSPS) is 11.9. The number of carbonyl (C=O) groups excluding carboxylic acids is 2. The van der Waals surface area contributed by atoms with Gasteiger partial charge in [0.2, 0.25) is 0 Å². The molecule has 8 heteroatoms. The van der Waals surface area contributed by atoms with Crippen molar-refractivity contribution in [2.75, 3.05) is 0 Å². The van der Waals surface area contributed by atoms with Gasteiger partial charge in [0.15, 0.2) is 0 Å². The van der Waals surface area contributed by atoms with Crippen LogP contribution in [0.2, 0.25) is 0 Å². The SMILES string of the molecule is Cc1ccc(C(CC(=O)OC(C)C)NC(=O)c2cc([N+](=O)[O-])c(C)s2)cc1. The van der Waals surface area contributed by atoms with Gasteiger partial charge in [0.05, 0.1) is 33.2 Å². The van der Waals surface area contributed by atoms with Crippen LogP contribution in [0.5, 0.6) is 0 Å². The summed E-state index contributed by atoms with van der Waals surface area (Å²) in [5.41, 5.74) is 1.73. The van der Waals surface area contributed by atoms with Crippen molar-refractivity contribution in [2.24, 2.45) is 0 Å². The molecule has 7 nitrogen and oxygen atoms in total. The van der Waals surface area contributed by atoms with E-state index in [9.17, 15) is 19.7 Å². The van der Waals surface area contributed by atoms with E-state index in [2.05, 4.69) is 5.32 Å². The van der Waals surface area contributed by atoms with Gasteiger partial charge < -0.3 is 10.1 Å². The fourth-order valence-corrected chi connectivity index (χ4v) is 3.41. The van der Waals surface area contributed by atoms with Crippen molar-refractivity contribution in [2.45, 2.75) is 46.3 Å². The molecule has 0 fully saturated rings. The van der Waals surface area contributed by atoms with Gasteiger partial charge in [0.25, 0.3) is 11.6 Å². The van der Waals surface area contributed by atoms with Gasteiger partial charge in [0.1, 0.15) is 0 Å². The predicted octanol–water partition coefficient (Wildman–Crippen LogP) is 4.09. The van der Waals surface area contributed by atoms with Gasteiger partial charge in [-0.1, -0.05) is 29.8 Å². The van der Waals surface area contributed by atoms with Crippen molar-refractivity contribution >= 4 is 28.9 Å². The summed E-state index contributed by atoms with van der Waals surface area (Å²) in [7, 11) is 0. The maximum absolute atomic E-state index is 12.6. The summed E-state index contributed by atoms with van der Waals surface area (Å²) < 4.78 is 5.19. The summed E-state index contributed by atoms with van der Waals surface area (Å²) in [5.74, 6) is -0.886. The monoisotopic (exact) mass is 390 g/mol.